The van der Waals surface area contributed by atoms with Crippen LogP contribution in [0.3, 0.4) is 0 Å². The van der Waals surface area contributed by atoms with Gasteiger partial charge in [-0.2, -0.15) is 0 Å². The molecule has 0 atom stereocenters. The second-order valence-corrected chi connectivity index (χ2v) is 8.99. The minimum Gasteiger partial charge on any atom is -0.331 e. The number of amides is 2. The number of carbonyl (C=O) groups is 2. The molecule has 0 saturated heterocycles. The highest BCUT2D eigenvalue weighted by Crippen LogP contribution is 2.32. The van der Waals surface area contributed by atoms with Crippen LogP contribution in [-0.4, -0.2) is 28.8 Å². The van der Waals surface area contributed by atoms with Gasteiger partial charge in [0, 0.05) is 40.8 Å². The monoisotopic (exact) mass is 443 g/mol. The third-order valence-corrected chi connectivity index (χ3v) is 6.49. The molecule has 0 aromatic heterocycles. The first-order valence-corrected chi connectivity index (χ1v) is 11.2. The maximum absolute atomic E-state index is 13.8. The molecule has 0 spiro atoms. The summed E-state index contributed by atoms with van der Waals surface area (Å²) in [4.78, 5) is 27.3. The second-order valence-electron chi connectivity index (χ2n) is 8.58. The summed E-state index contributed by atoms with van der Waals surface area (Å²) in [6.45, 7) is 0.279. The van der Waals surface area contributed by atoms with Crippen molar-refractivity contribution in [2.75, 3.05) is 5.32 Å². The van der Waals surface area contributed by atoms with E-state index in [0.717, 1.165) is 44.1 Å². The smallest absolute Gasteiger partial charge is 0.254 e. The van der Waals surface area contributed by atoms with Gasteiger partial charge in [-0.05, 0) is 80.5 Å². The van der Waals surface area contributed by atoms with Crippen LogP contribution in [-0.2, 0) is 11.3 Å². The molecule has 0 unspecified atom stereocenters. The molecule has 0 bridgehead atoms. The zero-order valence-corrected chi connectivity index (χ0v) is 18.1. The molecule has 4 rings (SSSR count). The summed E-state index contributed by atoms with van der Waals surface area (Å²) >= 11 is 6.46. The largest absolute Gasteiger partial charge is 0.331 e. The predicted molar refractivity (Wildman–Crippen MR) is 119 cm³/mol. The van der Waals surface area contributed by atoms with Gasteiger partial charge < -0.3 is 16.0 Å². The Balaban J connectivity index is 1.59. The fourth-order valence-corrected chi connectivity index (χ4v) is 4.29. The topological polar surface area (TPSA) is 75.4 Å². The summed E-state index contributed by atoms with van der Waals surface area (Å²) in [5.74, 6) is -0.568. The first-order valence-electron chi connectivity index (χ1n) is 10.8. The maximum atomic E-state index is 13.8. The third kappa shape index (κ3) is 5.43. The summed E-state index contributed by atoms with van der Waals surface area (Å²) < 4.78 is 13.8. The Hall–Kier alpha value is -2.44. The Bertz CT molecular complexity index is 971. The molecule has 7 heteroatoms. The minimum absolute atomic E-state index is 0.00338. The van der Waals surface area contributed by atoms with E-state index in [1.165, 1.54) is 12.1 Å². The number of hydrogen-bond acceptors (Lipinski definition) is 3. The van der Waals surface area contributed by atoms with E-state index in [9.17, 15) is 14.0 Å². The highest BCUT2D eigenvalue weighted by Gasteiger charge is 2.31. The van der Waals surface area contributed by atoms with Crippen molar-refractivity contribution >= 4 is 29.1 Å². The summed E-state index contributed by atoms with van der Waals surface area (Å²) in [5.41, 5.74) is 7.78. The van der Waals surface area contributed by atoms with Crippen LogP contribution < -0.4 is 11.1 Å². The average Bonchev–Trinajstić information content (AvgIpc) is 3.60. The molecule has 5 nitrogen and oxygen atoms in total. The lowest BCUT2D eigenvalue weighted by Crippen LogP contribution is -2.44. The van der Waals surface area contributed by atoms with Crippen molar-refractivity contribution in [1.82, 2.24) is 4.90 Å². The van der Waals surface area contributed by atoms with Gasteiger partial charge in [0.15, 0.2) is 0 Å². The number of hydrogen-bond donors (Lipinski definition) is 2. The number of anilines is 1. The van der Waals surface area contributed by atoms with Crippen LogP contribution in [0.2, 0.25) is 5.02 Å². The van der Waals surface area contributed by atoms with E-state index in [0.29, 0.717) is 16.3 Å². The molecule has 0 heterocycles. The molecule has 0 radical (unpaired) electrons. The number of benzene rings is 2. The van der Waals surface area contributed by atoms with Crippen molar-refractivity contribution in [2.45, 2.75) is 57.2 Å². The second kappa shape index (κ2) is 9.37. The van der Waals surface area contributed by atoms with Crippen LogP contribution in [0.25, 0.3) is 0 Å². The summed E-state index contributed by atoms with van der Waals surface area (Å²) in [6.07, 6.45) is 5.10. The van der Waals surface area contributed by atoms with Crippen molar-refractivity contribution in [3.63, 3.8) is 0 Å². The van der Waals surface area contributed by atoms with Crippen LogP contribution in [0, 0.1) is 11.7 Å². The molecule has 2 aliphatic rings. The maximum Gasteiger partial charge on any atom is 0.254 e. The molecular formula is C24H27ClFN3O2. The quantitative estimate of drug-likeness (QED) is 0.677. The van der Waals surface area contributed by atoms with Crippen LogP contribution in [0.5, 0.6) is 0 Å². The van der Waals surface area contributed by atoms with Gasteiger partial charge in [0.05, 0.1) is 0 Å². The number of nitrogens with one attached hydrogen (secondary N) is 1. The van der Waals surface area contributed by atoms with Crippen LogP contribution in [0.15, 0.2) is 42.5 Å². The van der Waals surface area contributed by atoms with Crippen molar-refractivity contribution in [2.24, 2.45) is 11.7 Å². The van der Waals surface area contributed by atoms with Crippen molar-refractivity contribution in [3.05, 3.63) is 64.4 Å². The molecule has 2 saturated carbocycles. The lowest BCUT2D eigenvalue weighted by molar-refractivity contribution is -0.117. The van der Waals surface area contributed by atoms with Crippen LogP contribution in [0.1, 0.15) is 54.4 Å². The highest BCUT2D eigenvalue weighted by molar-refractivity contribution is 6.31. The van der Waals surface area contributed by atoms with E-state index in [2.05, 4.69) is 5.32 Å². The Morgan fingerprint density at radius 3 is 2.48 bits per heavy atom. The zero-order valence-electron chi connectivity index (χ0n) is 17.3. The Labute approximate surface area is 186 Å². The predicted octanol–water partition coefficient (Wildman–Crippen LogP) is 4.74. The number of carbonyl (C=O) groups excluding carboxylic acids is 2. The van der Waals surface area contributed by atoms with E-state index in [1.54, 1.807) is 29.2 Å². The van der Waals surface area contributed by atoms with E-state index in [-0.39, 0.29) is 36.4 Å². The highest BCUT2D eigenvalue weighted by atomic mass is 35.5. The third-order valence-electron chi connectivity index (χ3n) is 6.12. The Morgan fingerprint density at radius 2 is 1.81 bits per heavy atom. The van der Waals surface area contributed by atoms with Gasteiger partial charge in [0.25, 0.3) is 5.91 Å². The van der Waals surface area contributed by atoms with E-state index in [1.807, 2.05) is 6.07 Å². The van der Waals surface area contributed by atoms with Gasteiger partial charge >= 0.3 is 0 Å². The zero-order chi connectivity index (χ0) is 22.0. The Morgan fingerprint density at radius 1 is 1.06 bits per heavy atom. The standard InChI is InChI=1S/C24H27ClFN3O2/c25-22-11-8-20(28-23(30)15-4-5-15)13-17(22)14-29(21-9-6-19(27)7-10-21)24(31)16-2-1-3-18(26)12-16/h1-3,8,11-13,15,19,21H,4-7,9-10,14,27H2,(H,28,30). The number of halogens is 2. The van der Waals surface area contributed by atoms with Crippen molar-refractivity contribution in [1.29, 1.82) is 0 Å². The fraction of sp³-hybridized carbons (Fsp3) is 0.417. The number of nitrogens with two attached hydrogens (primary N) is 1. The molecule has 2 aliphatic carbocycles. The van der Waals surface area contributed by atoms with Gasteiger partial charge in [-0.3, -0.25) is 9.59 Å². The van der Waals surface area contributed by atoms with E-state index >= 15 is 0 Å². The molecule has 0 aliphatic heterocycles. The number of nitrogens with zero attached hydrogens (tertiary/aromatic N) is 1. The number of rotatable bonds is 6. The first-order chi connectivity index (χ1) is 14.9. The van der Waals surface area contributed by atoms with E-state index < -0.39 is 5.82 Å². The summed E-state index contributed by atoms with van der Waals surface area (Å²) in [7, 11) is 0. The van der Waals surface area contributed by atoms with E-state index in [4.69, 9.17) is 17.3 Å². The van der Waals surface area contributed by atoms with Gasteiger partial charge in [-0.15, -0.1) is 0 Å². The average molecular weight is 444 g/mol. The normalized spacial score (nSPS) is 20.9. The molecule has 31 heavy (non-hydrogen) atoms. The molecule has 164 valence electrons. The molecule has 2 aromatic carbocycles. The van der Waals surface area contributed by atoms with Gasteiger partial charge in [-0.1, -0.05) is 17.7 Å². The van der Waals surface area contributed by atoms with Gasteiger partial charge in [0.1, 0.15) is 5.82 Å². The SMILES string of the molecule is NC1CCC(N(Cc2cc(NC(=O)C3CC3)ccc2Cl)C(=O)c2cccc(F)c2)CC1. The molecular weight excluding hydrogens is 417 g/mol. The molecule has 3 N–H and O–H groups in total. The van der Waals surface area contributed by atoms with Crippen molar-refractivity contribution < 1.29 is 14.0 Å². The van der Waals surface area contributed by atoms with Crippen LogP contribution in [0.4, 0.5) is 10.1 Å². The van der Waals surface area contributed by atoms with Crippen molar-refractivity contribution in [3.8, 4) is 0 Å². The van der Waals surface area contributed by atoms with Gasteiger partial charge in [0.2, 0.25) is 5.91 Å². The summed E-state index contributed by atoms with van der Waals surface area (Å²) in [6, 6.07) is 11.2. The minimum atomic E-state index is -0.445. The van der Waals surface area contributed by atoms with Gasteiger partial charge in [-0.25, -0.2) is 4.39 Å². The molecule has 2 aromatic rings. The van der Waals surface area contributed by atoms with Crippen LogP contribution >= 0.6 is 11.6 Å². The lowest BCUT2D eigenvalue weighted by Gasteiger charge is -2.36. The lowest BCUT2D eigenvalue weighted by atomic mass is 9.90. The fourth-order valence-electron chi connectivity index (χ4n) is 4.11. The first kappa shape index (κ1) is 21.8. The Kier molecular flexibility index (Phi) is 6.58. The molecule has 2 amide bonds. The molecule has 2 fully saturated rings. The summed E-state index contributed by atoms with van der Waals surface area (Å²) in [5, 5.41) is 3.45.